The van der Waals surface area contributed by atoms with E-state index in [0.29, 0.717) is 15.8 Å². The Balaban J connectivity index is 1.70. The number of amides is 1. The van der Waals surface area contributed by atoms with Gasteiger partial charge in [0.05, 0.1) is 17.2 Å². The monoisotopic (exact) mass is 372 g/mol. The molecule has 7 heteroatoms. The van der Waals surface area contributed by atoms with Gasteiger partial charge in [0.1, 0.15) is 0 Å². The van der Waals surface area contributed by atoms with Crippen LogP contribution < -0.4 is 5.43 Å². The average molecular weight is 373 g/mol. The molecule has 0 fully saturated rings. The fourth-order valence-corrected chi connectivity index (χ4v) is 3.08. The van der Waals surface area contributed by atoms with Gasteiger partial charge in [0.25, 0.3) is 5.91 Å². The number of H-pyrrole nitrogens is 1. The number of nitrogens with zero attached hydrogens (tertiary/aromatic N) is 2. The molecule has 0 saturated heterocycles. The number of carbonyl (C=O) groups excluding carboxylic acids is 1. The number of carbonyl (C=O) groups is 1. The third-order valence-electron chi connectivity index (χ3n) is 3.32. The summed E-state index contributed by atoms with van der Waals surface area (Å²) in [5.41, 5.74) is 5.56. The molecule has 0 saturated carbocycles. The fraction of sp³-hybridized carbons (Fsp3) is 0.167. The largest absolute Gasteiger partial charge is 0.333 e. The number of hydrazone groups is 1. The summed E-state index contributed by atoms with van der Waals surface area (Å²) >= 11 is 7.48. The van der Waals surface area contributed by atoms with Crippen molar-refractivity contribution in [3.63, 3.8) is 0 Å². The standard InChI is InChI=1S/C18H17ClN4OS/c1-11(2)25-18-21-15-8-5-13(9-16(15)22-18)17(24)23-20-10-12-3-6-14(19)7-4-12/h3-11H,1-2H3,(H,21,22)(H,23,24)/b20-10-. The van der Waals surface area contributed by atoms with Crippen LogP contribution in [0, 0.1) is 0 Å². The third kappa shape index (κ3) is 4.61. The molecular formula is C18H17ClN4OS. The fourth-order valence-electron chi connectivity index (χ4n) is 2.19. The van der Waals surface area contributed by atoms with Crippen LogP contribution in [0.1, 0.15) is 29.8 Å². The lowest BCUT2D eigenvalue weighted by atomic mass is 10.2. The first-order valence-corrected chi connectivity index (χ1v) is 9.02. The van der Waals surface area contributed by atoms with Crippen molar-refractivity contribution in [1.82, 2.24) is 15.4 Å². The number of thioether (sulfide) groups is 1. The molecular weight excluding hydrogens is 356 g/mol. The Labute approximate surface area is 154 Å². The minimum atomic E-state index is -0.278. The Kier molecular flexibility index (Phi) is 5.40. The van der Waals surface area contributed by atoms with E-state index < -0.39 is 0 Å². The van der Waals surface area contributed by atoms with Gasteiger partial charge in [-0.05, 0) is 35.9 Å². The van der Waals surface area contributed by atoms with E-state index in [0.717, 1.165) is 21.8 Å². The maximum absolute atomic E-state index is 12.2. The van der Waals surface area contributed by atoms with Gasteiger partial charge in [0, 0.05) is 15.8 Å². The smallest absolute Gasteiger partial charge is 0.271 e. The van der Waals surface area contributed by atoms with E-state index in [1.165, 1.54) is 0 Å². The predicted molar refractivity (Wildman–Crippen MR) is 104 cm³/mol. The van der Waals surface area contributed by atoms with Crippen LogP contribution in [-0.2, 0) is 0 Å². The van der Waals surface area contributed by atoms with E-state index in [2.05, 4.69) is 34.3 Å². The quantitative estimate of drug-likeness (QED) is 0.394. The molecule has 0 bridgehead atoms. The summed E-state index contributed by atoms with van der Waals surface area (Å²) in [7, 11) is 0. The molecule has 0 aliphatic heterocycles. The van der Waals surface area contributed by atoms with E-state index in [1.807, 2.05) is 18.2 Å². The highest BCUT2D eigenvalue weighted by Gasteiger charge is 2.09. The van der Waals surface area contributed by atoms with Crippen molar-refractivity contribution in [2.75, 3.05) is 0 Å². The number of nitrogens with one attached hydrogen (secondary N) is 2. The Bertz CT molecular complexity index is 918. The number of imidazole rings is 1. The minimum absolute atomic E-state index is 0.278. The van der Waals surface area contributed by atoms with Gasteiger partial charge in [-0.1, -0.05) is 49.3 Å². The van der Waals surface area contributed by atoms with Crippen molar-refractivity contribution in [2.24, 2.45) is 5.10 Å². The molecule has 1 amide bonds. The molecule has 128 valence electrons. The van der Waals surface area contributed by atoms with Gasteiger partial charge >= 0.3 is 0 Å². The molecule has 0 atom stereocenters. The van der Waals surface area contributed by atoms with Gasteiger partial charge in [-0.25, -0.2) is 10.4 Å². The van der Waals surface area contributed by atoms with Crippen LogP contribution in [0.15, 0.2) is 52.7 Å². The molecule has 0 unspecified atom stereocenters. The first-order chi connectivity index (χ1) is 12.0. The maximum Gasteiger partial charge on any atom is 0.271 e. The van der Waals surface area contributed by atoms with E-state index in [9.17, 15) is 4.79 Å². The van der Waals surface area contributed by atoms with Crippen molar-refractivity contribution in [3.05, 3.63) is 58.6 Å². The Morgan fingerprint density at radius 3 is 2.76 bits per heavy atom. The van der Waals surface area contributed by atoms with E-state index in [4.69, 9.17) is 11.6 Å². The Morgan fingerprint density at radius 2 is 2.04 bits per heavy atom. The van der Waals surface area contributed by atoms with Gasteiger partial charge < -0.3 is 4.98 Å². The molecule has 25 heavy (non-hydrogen) atoms. The molecule has 1 heterocycles. The second kappa shape index (κ2) is 7.72. The van der Waals surface area contributed by atoms with Crippen LogP contribution in [-0.4, -0.2) is 27.3 Å². The van der Waals surface area contributed by atoms with Crippen molar-refractivity contribution < 1.29 is 4.79 Å². The summed E-state index contributed by atoms with van der Waals surface area (Å²) in [5.74, 6) is -0.278. The second-order valence-electron chi connectivity index (χ2n) is 5.69. The molecule has 3 aromatic rings. The molecule has 5 nitrogen and oxygen atoms in total. The van der Waals surface area contributed by atoms with Gasteiger partial charge in [0.15, 0.2) is 5.16 Å². The number of rotatable bonds is 5. The predicted octanol–water partition coefficient (Wildman–Crippen LogP) is 4.48. The highest BCUT2D eigenvalue weighted by Crippen LogP contribution is 2.23. The summed E-state index contributed by atoms with van der Waals surface area (Å²) in [5, 5.41) is 5.92. The zero-order chi connectivity index (χ0) is 17.8. The lowest BCUT2D eigenvalue weighted by Gasteiger charge is -2.00. The van der Waals surface area contributed by atoms with Gasteiger partial charge in [-0.3, -0.25) is 4.79 Å². The lowest BCUT2D eigenvalue weighted by molar-refractivity contribution is 0.0955. The van der Waals surface area contributed by atoms with Gasteiger partial charge in [0.2, 0.25) is 0 Å². The SMILES string of the molecule is CC(C)Sc1nc2ccc(C(=O)N/N=C\c3ccc(Cl)cc3)cc2[nH]1. The number of halogens is 1. The van der Waals surface area contributed by atoms with E-state index in [-0.39, 0.29) is 5.91 Å². The van der Waals surface area contributed by atoms with Crippen molar-refractivity contribution >= 4 is 46.5 Å². The van der Waals surface area contributed by atoms with Crippen LogP contribution in [0.5, 0.6) is 0 Å². The normalized spacial score (nSPS) is 11.5. The molecule has 0 spiro atoms. The number of aromatic nitrogens is 2. The molecule has 0 radical (unpaired) electrons. The third-order valence-corrected chi connectivity index (χ3v) is 4.46. The Morgan fingerprint density at radius 1 is 1.28 bits per heavy atom. The number of aromatic amines is 1. The number of benzene rings is 2. The molecule has 0 aliphatic carbocycles. The molecule has 3 rings (SSSR count). The number of fused-ring (bicyclic) bond motifs is 1. The molecule has 0 aliphatic rings. The molecule has 2 aromatic carbocycles. The maximum atomic E-state index is 12.2. The second-order valence-corrected chi connectivity index (χ2v) is 7.69. The summed E-state index contributed by atoms with van der Waals surface area (Å²) in [6.45, 7) is 4.21. The summed E-state index contributed by atoms with van der Waals surface area (Å²) < 4.78 is 0. The Hall–Kier alpha value is -2.31. The molecule has 2 N–H and O–H groups in total. The zero-order valence-electron chi connectivity index (χ0n) is 13.8. The van der Waals surface area contributed by atoms with Crippen molar-refractivity contribution in [1.29, 1.82) is 0 Å². The van der Waals surface area contributed by atoms with Crippen LogP contribution in [0.2, 0.25) is 5.02 Å². The van der Waals surface area contributed by atoms with E-state index >= 15 is 0 Å². The first kappa shape index (κ1) is 17.5. The number of hydrogen-bond acceptors (Lipinski definition) is 4. The summed E-state index contributed by atoms with van der Waals surface area (Å²) in [4.78, 5) is 20.0. The highest BCUT2D eigenvalue weighted by molar-refractivity contribution is 7.99. The number of hydrogen-bond donors (Lipinski definition) is 2. The summed E-state index contributed by atoms with van der Waals surface area (Å²) in [6, 6.07) is 12.5. The topological polar surface area (TPSA) is 70.1 Å². The average Bonchev–Trinajstić information content (AvgIpc) is 2.97. The van der Waals surface area contributed by atoms with Crippen molar-refractivity contribution in [3.8, 4) is 0 Å². The summed E-state index contributed by atoms with van der Waals surface area (Å²) in [6.07, 6.45) is 1.57. The zero-order valence-corrected chi connectivity index (χ0v) is 15.4. The highest BCUT2D eigenvalue weighted by atomic mass is 35.5. The minimum Gasteiger partial charge on any atom is -0.333 e. The lowest BCUT2D eigenvalue weighted by Crippen LogP contribution is -2.17. The van der Waals surface area contributed by atoms with Gasteiger partial charge in [-0.2, -0.15) is 5.10 Å². The molecule has 1 aromatic heterocycles. The van der Waals surface area contributed by atoms with Crippen LogP contribution >= 0.6 is 23.4 Å². The van der Waals surface area contributed by atoms with Crippen LogP contribution in [0.4, 0.5) is 0 Å². The van der Waals surface area contributed by atoms with Crippen LogP contribution in [0.25, 0.3) is 11.0 Å². The van der Waals surface area contributed by atoms with Crippen LogP contribution in [0.3, 0.4) is 0 Å². The van der Waals surface area contributed by atoms with Crippen molar-refractivity contribution in [2.45, 2.75) is 24.3 Å². The first-order valence-electron chi connectivity index (χ1n) is 7.76. The van der Waals surface area contributed by atoms with E-state index in [1.54, 1.807) is 42.2 Å². The van der Waals surface area contributed by atoms with Gasteiger partial charge in [-0.15, -0.1) is 0 Å².